The number of esters is 2. The second-order valence-corrected chi connectivity index (χ2v) is 7.06. The summed E-state index contributed by atoms with van der Waals surface area (Å²) in [6.07, 6.45) is -12.5. The second kappa shape index (κ2) is 10.1. The molecule has 168 valence electrons. The molecule has 0 radical (unpaired) electrons. The van der Waals surface area contributed by atoms with Gasteiger partial charge in [-0.05, 0) is 0 Å². The van der Waals surface area contributed by atoms with Crippen LogP contribution in [-0.2, 0) is 33.3 Å². The van der Waals surface area contributed by atoms with Crippen molar-refractivity contribution < 1.29 is 58.8 Å². The molecule has 0 amide bonds. The van der Waals surface area contributed by atoms with E-state index < -0.39 is 86.4 Å². The van der Waals surface area contributed by atoms with E-state index >= 15 is 0 Å². The van der Waals surface area contributed by atoms with E-state index in [1.807, 2.05) is 0 Å². The number of rotatable bonds is 6. The standard InChI is InChI=1S/C17H28O12/c1-6-9(4-18)28-17(12(23)13(6)25-7(2)20)29-14-10(5-19)27-16(24)11(22)15(14)26-8(3)21/h6,9-19,22-24H,4-5H2,1-3H3/t6-,9?,10?,11?,12?,13?,14+,15?,16+,17-/m0/s1. The van der Waals surface area contributed by atoms with E-state index in [4.69, 9.17) is 23.7 Å². The Morgan fingerprint density at radius 2 is 1.38 bits per heavy atom. The van der Waals surface area contributed by atoms with Gasteiger partial charge in [-0.15, -0.1) is 0 Å². The molecule has 2 saturated heterocycles. The number of carbonyl (C=O) groups is 2. The molecule has 2 fully saturated rings. The van der Waals surface area contributed by atoms with Crippen molar-refractivity contribution in [1.82, 2.24) is 0 Å². The number of hydrogen-bond donors (Lipinski definition) is 5. The molecule has 0 aromatic carbocycles. The van der Waals surface area contributed by atoms with Gasteiger partial charge < -0.3 is 49.2 Å². The lowest BCUT2D eigenvalue weighted by molar-refractivity contribution is -0.351. The van der Waals surface area contributed by atoms with Crippen LogP contribution in [-0.4, -0.2) is 106 Å². The first-order valence-corrected chi connectivity index (χ1v) is 9.17. The molecule has 0 aromatic heterocycles. The summed E-state index contributed by atoms with van der Waals surface area (Å²) in [7, 11) is 0. The van der Waals surface area contributed by atoms with E-state index in [2.05, 4.69) is 0 Å². The molecular formula is C17H28O12. The van der Waals surface area contributed by atoms with Gasteiger partial charge in [-0.2, -0.15) is 0 Å². The van der Waals surface area contributed by atoms with Crippen LogP contribution in [0.3, 0.4) is 0 Å². The monoisotopic (exact) mass is 424 g/mol. The summed E-state index contributed by atoms with van der Waals surface area (Å²) in [5, 5.41) is 49.7. The van der Waals surface area contributed by atoms with E-state index in [1.54, 1.807) is 6.92 Å². The highest BCUT2D eigenvalue weighted by molar-refractivity contribution is 5.66. The summed E-state index contributed by atoms with van der Waals surface area (Å²) in [5.74, 6) is -2.03. The number of ether oxygens (including phenoxy) is 5. The van der Waals surface area contributed by atoms with Crippen LogP contribution in [0.5, 0.6) is 0 Å². The lowest BCUT2D eigenvalue weighted by Gasteiger charge is -2.46. The van der Waals surface area contributed by atoms with Crippen molar-refractivity contribution in [1.29, 1.82) is 0 Å². The van der Waals surface area contributed by atoms with E-state index in [0.717, 1.165) is 13.8 Å². The maximum atomic E-state index is 11.4. The van der Waals surface area contributed by atoms with Gasteiger partial charge in [-0.25, -0.2) is 0 Å². The van der Waals surface area contributed by atoms with E-state index in [9.17, 15) is 35.1 Å². The predicted octanol–water partition coefficient (Wildman–Crippen LogP) is -2.98. The first kappa shape index (κ1) is 23.9. The predicted molar refractivity (Wildman–Crippen MR) is 90.9 cm³/mol. The number of aliphatic hydroxyl groups excluding tert-OH is 5. The van der Waals surface area contributed by atoms with Gasteiger partial charge in [0, 0.05) is 19.8 Å². The van der Waals surface area contributed by atoms with Crippen LogP contribution in [0.1, 0.15) is 20.8 Å². The Morgan fingerprint density at radius 3 is 1.90 bits per heavy atom. The average Bonchev–Trinajstić information content (AvgIpc) is 2.65. The molecule has 0 aromatic rings. The van der Waals surface area contributed by atoms with E-state index in [1.165, 1.54) is 0 Å². The Bertz CT molecular complexity index is 571. The molecule has 12 nitrogen and oxygen atoms in total. The van der Waals surface area contributed by atoms with Crippen LogP contribution in [0.2, 0.25) is 0 Å². The minimum atomic E-state index is -1.76. The molecule has 2 aliphatic heterocycles. The Balaban J connectivity index is 2.27. The van der Waals surface area contributed by atoms with Gasteiger partial charge in [-0.1, -0.05) is 6.92 Å². The first-order valence-electron chi connectivity index (χ1n) is 9.17. The molecule has 29 heavy (non-hydrogen) atoms. The molecule has 0 saturated carbocycles. The zero-order chi connectivity index (χ0) is 21.9. The molecule has 6 unspecified atom stereocenters. The molecule has 5 N–H and O–H groups in total. The Morgan fingerprint density at radius 1 is 0.828 bits per heavy atom. The molecule has 2 heterocycles. The molecule has 2 rings (SSSR count). The topological polar surface area (TPSA) is 181 Å². The van der Waals surface area contributed by atoms with E-state index in [-0.39, 0.29) is 0 Å². The smallest absolute Gasteiger partial charge is 0.303 e. The van der Waals surface area contributed by atoms with Gasteiger partial charge in [0.05, 0.1) is 19.3 Å². The summed E-state index contributed by atoms with van der Waals surface area (Å²) in [6.45, 7) is 2.69. The van der Waals surface area contributed by atoms with Crippen molar-refractivity contribution in [2.45, 2.75) is 76.1 Å². The minimum Gasteiger partial charge on any atom is -0.459 e. The first-order chi connectivity index (χ1) is 13.6. The number of hydrogen-bond acceptors (Lipinski definition) is 12. The maximum Gasteiger partial charge on any atom is 0.303 e. The van der Waals surface area contributed by atoms with Crippen LogP contribution < -0.4 is 0 Å². The summed E-state index contributed by atoms with van der Waals surface area (Å²) in [5.41, 5.74) is 0. The average molecular weight is 424 g/mol. The molecule has 0 bridgehead atoms. The SMILES string of the molecule is CC(=O)OC1C(O)[C@H](O[C@@H]2C(CO)O[C@@H](O)C(O)C2OC(C)=O)OC(CO)[C@@H]1C. The lowest BCUT2D eigenvalue weighted by atomic mass is 9.90. The maximum absolute atomic E-state index is 11.4. The fraction of sp³-hybridized carbons (Fsp3) is 0.882. The van der Waals surface area contributed by atoms with Gasteiger partial charge in [0.1, 0.15) is 30.5 Å². The number of carbonyl (C=O) groups excluding carboxylic acids is 2. The highest BCUT2D eigenvalue weighted by Gasteiger charge is 2.52. The Hall–Kier alpha value is -1.38. The molecule has 0 spiro atoms. The van der Waals surface area contributed by atoms with Crippen molar-refractivity contribution in [2.24, 2.45) is 5.92 Å². The quantitative estimate of drug-likeness (QED) is 0.273. The molecule has 0 aliphatic carbocycles. The highest BCUT2D eigenvalue weighted by Crippen LogP contribution is 2.33. The third kappa shape index (κ3) is 5.41. The molecular weight excluding hydrogens is 396 g/mol. The lowest BCUT2D eigenvalue weighted by Crippen LogP contribution is -2.64. The normalized spacial score (nSPS) is 42.9. The molecule has 2 aliphatic rings. The minimum absolute atomic E-state index is 0.467. The summed E-state index contributed by atoms with van der Waals surface area (Å²) in [4.78, 5) is 22.8. The summed E-state index contributed by atoms with van der Waals surface area (Å²) >= 11 is 0. The highest BCUT2D eigenvalue weighted by atomic mass is 16.7. The van der Waals surface area contributed by atoms with Gasteiger partial charge in [0.25, 0.3) is 0 Å². The second-order valence-electron chi connectivity index (χ2n) is 7.06. The van der Waals surface area contributed by atoms with Crippen LogP contribution in [0.15, 0.2) is 0 Å². The Labute approximate surface area is 166 Å². The van der Waals surface area contributed by atoms with Crippen molar-refractivity contribution in [3.05, 3.63) is 0 Å². The zero-order valence-corrected chi connectivity index (χ0v) is 16.3. The third-order valence-corrected chi connectivity index (χ3v) is 4.92. The van der Waals surface area contributed by atoms with Crippen molar-refractivity contribution in [3.8, 4) is 0 Å². The third-order valence-electron chi connectivity index (χ3n) is 4.92. The number of aliphatic hydroxyl groups is 5. The van der Waals surface area contributed by atoms with Crippen LogP contribution in [0.25, 0.3) is 0 Å². The van der Waals surface area contributed by atoms with Crippen molar-refractivity contribution in [3.63, 3.8) is 0 Å². The van der Waals surface area contributed by atoms with Gasteiger partial charge >= 0.3 is 11.9 Å². The fourth-order valence-electron chi connectivity index (χ4n) is 3.45. The van der Waals surface area contributed by atoms with Gasteiger partial charge in [0.15, 0.2) is 18.7 Å². The molecule has 10 atom stereocenters. The largest absolute Gasteiger partial charge is 0.459 e. The van der Waals surface area contributed by atoms with Crippen LogP contribution in [0, 0.1) is 5.92 Å². The van der Waals surface area contributed by atoms with Crippen molar-refractivity contribution in [2.75, 3.05) is 13.2 Å². The molecule has 12 heteroatoms. The van der Waals surface area contributed by atoms with E-state index in [0.29, 0.717) is 0 Å². The van der Waals surface area contributed by atoms with Gasteiger partial charge in [-0.3, -0.25) is 9.59 Å². The fourth-order valence-corrected chi connectivity index (χ4v) is 3.45. The van der Waals surface area contributed by atoms with Crippen LogP contribution >= 0.6 is 0 Å². The van der Waals surface area contributed by atoms with Crippen LogP contribution in [0.4, 0.5) is 0 Å². The summed E-state index contributed by atoms with van der Waals surface area (Å²) < 4.78 is 26.5. The zero-order valence-electron chi connectivity index (χ0n) is 16.3. The van der Waals surface area contributed by atoms with Gasteiger partial charge in [0.2, 0.25) is 0 Å². The Kier molecular flexibility index (Phi) is 8.31. The van der Waals surface area contributed by atoms with Crippen molar-refractivity contribution >= 4 is 11.9 Å². The summed E-state index contributed by atoms with van der Waals surface area (Å²) in [6, 6.07) is 0.